The fourth-order valence-electron chi connectivity index (χ4n) is 2.23. The van der Waals surface area contributed by atoms with Crippen LogP contribution in [0.15, 0.2) is 42.7 Å². The third-order valence-electron chi connectivity index (χ3n) is 3.21. The number of H-pyrrole nitrogens is 1. The zero-order valence-corrected chi connectivity index (χ0v) is 10.7. The van der Waals surface area contributed by atoms with Crippen LogP contribution in [-0.2, 0) is 0 Å². The summed E-state index contributed by atoms with van der Waals surface area (Å²) in [4.78, 5) is 12.1. The van der Waals surface area contributed by atoms with Gasteiger partial charge in [0.2, 0.25) is 5.88 Å². The topological polar surface area (TPSA) is 68.1 Å². The molecule has 98 valence electrons. The molecule has 4 rings (SSSR count). The van der Waals surface area contributed by atoms with Gasteiger partial charge in [-0.05, 0) is 18.2 Å². The number of nitrogens with one attached hydrogen (secondary N) is 1. The molecule has 0 aliphatic carbocycles. The van der Waals surface area contributed by atoms with Crippen molar-refractivity contribution in [3.8, 4) is 17.3 Å². The maximum atomic E-state index is 5.11. The summed E-state index contributed by atoms with van der Waals surface area (Å²) in [5.74, 6) is 1.30. The number of nitrogens with zero attached hydrogens (tertiary/aromatic N) is 4. The average molecular weight is 265 g/mol. The smallest absolute Gasteiger partial charge is 0.215 e. The minimum atomic E-state index is 0.551. The maximum Gasteiger partial charge on any atom is 0.215 e. The molecule has 0 aliphatic rings. The zero-order chi connectivity index (χ0) is 13.5. The highest BCUT2D eigenvalue weighted by atomic mass is 16.5. The lowest BCUT2D eigenvalue weighted by Gasteiger charge is -1.95. The Hall–Kier alpha value is -2.89. The third kappa shape index (κ3) is 1.55. The Morgan fingerprint density at radius 2 is 2.10 bits per heavy atom. The van der Waals surface area contributed by atoms with Crippen LogP contribution in [0.1, 0.15) is 0 Å². The van der Waals surface area contributed by atoms with E-state index in [1.54, 1.807) is 19.4 Å². The predicted octanol–water partition coefficient (Wildman–Crippen LogP) is 2.28. The van der Waals surface area contributed by atoms with Gasteiger partial charge < -0.3 is 9.72 Å². The Balaban J connectivity index is 1.93. The number of methoxy groups -OCH3 is 1. The quantitative estimate of drug-likeness (QED) is 0.603. The second-order valence-corrected chi connectivity index (χ2v) is 4.40. The monoisotopic (exact) mass is 265 g/mol. The van der Waals surface area contributed by atoms with E-state index in [-0.39, 0.29) is 0 Å². The van der Waals surface area contributed by atoms with E-state index in [9.17, 15) is 0 Å². The van der Waals surface area contributed by atoms with Crippen LogP contribution in [0, 0.1) is 0 Å². The Morgan fingerprint density at radius 3 is 3.00 bits per heavy atom. The van der Waals surface area contributed by atoms with E-state index in [0.29, 0.717) is 11.5 Å². The van der Waals surface area contributed by atoms with Crippen LogP contribution >= 0.6 is 0 Å². The largest absolute Gasteiger partial charge is 0.481 e. The molecule has 4 aromatic heterocycles. The lowest BCUT2D eigenvalue weighted by Crippen LogP contribution is -1.86. The predicted molar refractivity (Wildman–Crippen MR) is 74.6 cm³/mol. The second-order valence-electron chi connectivity index (χ2n) is 4.40. The van der Waals surface area contributed by atoms with E-state index in [4.69, 9.17) is 4.74 Å². The van der Waals surface area contributed by atoms with E-state index < -0.39 is 0 Å². The van der Waals surface area contributed by atoms with E-state index >= 15 is 0 Å². The van der Waals surface area contributed by atoms with Crippen LogP contribution in [0.3, 0.4) is 0 Å². The van der Waals surface area contributed by atoms with Gasteiger partial charge in [-0.1, -0.05) is 6.07 Å². The Bertz CT molecular complexity index is 908. The Kier molecular flexibility index (Phi) is 2.23. The van der Waals surface area contributed by atoms with Crippen LogP contribution in [0.25, 0.3) is 28.1 Å². The molecule has 4 aromatic rings. The Morgan fingerprint density at radius 1 is 1.15 bits per heavy atom. The molecule has 4 heterocycles. The molecule has 0 radical (unpaired) electrons. The molecular formula is C14H11N5O. The highest BCUT2D eigenvalue weighted by Gasteiger charge is 2.11. The minimum Gasteiger partial charge on any atom is -0.481 e. The lowest BCUT2D eigenvalue weighted by molar-refractivity contribution is 0.399. The van der Waals surface area contributed by atoms with Crippen molar-refractivity contribution >= 4 is 16.7 Å². The van der Waals surface area contributed by atoms with Crippen molar-refractivity contribution in [2.24, 2.45) is 0 Å². The van der Waals surface area contributed by atoms with Crippen LogP contribution < -0.4 is 4.74 Å². The third-order valence-corrected chi connectivity index (χ3v) is 3.21. The summed E-state index contributed by atoms with van der Waals surface area (Å²) in [7, 11) is 1.59. The van der Waals surface area contributed by atoms with Crippen molar-refractivity contribution in [2.45, 2.75) is 0 Å². The lowest BCUT2D eigenvalue weighted by atomic mass is 10.2. The first kappa shape index (κ1) is 11.0. The molecule has 0 spiro atoms. The second kappa shape index (κ2) is 4.06. The maximum absolute atomic E-state index is 5.11. The number of rotatable bonds is 2. The molecule has 0 bridgehead atoms. The first-order chi connectivity index (χ1) is 9.85. The van der Waals surface area contributed by atoms with Gasteiger partial charge >= 0.3 is 0 Å². The van der Waals surface area contributed by atoms with Crippen LogP contribution in [0.5, 0.6) is 5.88 Å². The number of hydrogen-bond donors (Lipinski definition) is 1. The molecule has 0 aromatic carbocycles. The first-order valence-corrected chi connectivity index (χ1v) is 6.18. The van der Waals surface area contributed by atoms with Crippen molar-refractivity contribution in [2.75, 3.05) is 7.11 Å². The minimum absolute atomic E-state index is 0.551. The first-order valence-electron chi connectivity index (χ1n) is 6.18. The number of aromatic amines is 1. The Labute approximate surface area is 114 Å². The highest BCUT2D eigenvalue weighted by molar-refractivity contribution is 5.82. The molecule has 0 saturated carbocycles. The number of fused-ring (bicyclic) bond motifs is 2. The van der Waals surface area contributed by atoms with Gasteiger partial charge in [0.1, 0.15) is 5.82 Å². The summed E-state index contributed by atoms with van der Waals surface area (Å²) in [6, 6.07) is 9.63. The number of imidazole rings is 1. The van der Waals surface area contributed by atoms with Crippen LogP contribution in [-0.4, -0.2) is 31.7 Å². The molecule has 0 aliphatic heterocycles. The molecule has 0 amide bonds. The number of ether oxygens (including phenoxy) is 1. The molecule has 6 heteroatoms. The van der Waals surface area contributed by atoms with Gasteiger partial charge in [-0.2, -0.15) is 10.1 Å². The van der Waals surface area contributed by atoms with Crippen molar-refractivity contribution in [3.05, 3.63) is 42.7 Å². The molecule has 0 saturated heterocycles. The summed E-state index contributed by atoms with van der Waals surface area (Å²) >= 11 is 0. The summed E-state index contributed by atoms with van der Waals surface area (Å²) < 4.78 is 6.93. The summed E-state index contributed by atoms with van der Waals surface area (Å²) in [6.45, 7) is 0. The molecule has 6 nitrogen and oxygen atoms in total. The molecule has 0 atom stereocenters. The molecule has 0 unspecified atom stereocenters. The summed E-state index contributed by atoms with van der Waals surface area (Å²) in [6.07, 6.45) is 3.70. The van der Waals surface area contributed by atoms with Gasteiger partial charge in [-0.15, -0.1) is 0 Å². The van der Waals surface area contributed by atoms with Gasteiger partial charge in [-0.3, -0.25) is 0 Å². The summed E-state index contributed by atoms with van der Waals surface area (Å²) in [5, 5.41) is 4.31. The standard InChI is InChI=1S/C14H11N5O/c1-20-12-6-5-10-14(17-12)18-13(16-10)9-8-15-19-7-3-2-4-11(9)19/h2-8H,1H3,(H,16,17,18). The van der Waals surface area contributed by atoms with Gasteiger partial charge in [0.05, 0.1) is 29.9 Å². The SMILES string of the molecule is COc1ccc2[nH]c(-c3cnn4ccccc34)nc2n1. The number of aromatic nitrogens is 5. The van der Waals surface area contributed by atoms with Crippen molar-refractivity contribution in [1.82, 2.24) is 24.6 Å². The van der Waals surface area contributed by atoms with E-state index in [0.717, 1.165) is 22.4 Å². The van der Waals surface area contributed by atoms with Gasteiger partial charge in [0.25, 0.3) is 0 Å². The van der Waals surface area contributed by atoms with Crippen molar-refractivity contribution in [1.29, 1.82) is 0 Å². The average Bonchev–Trinajstić information content (AvgIpc) is 3.09. The molecule has 20 heavy (non-hydrogen) atoms. The zero-order valence-electron chi connectivity index (χ0n) is 10.7. The molecule has 0 fully saturated rings. The van der Waals surface area contributed by atoms with Crippen molar-refractivity contribution in [3.63, 3.8) is 0 Å². The van der Waals surface area contributed by atoms with Gasteiger partial charge in [-0.25, -0.2) is 9.50 Å². The fourth-order valence-corrected chi connectivity index (χ4v) is 2.23. The van der Waals surface area contributed by atoms with Crippen LogP contribution in [0.4, 0.5) is 0 Å². The van der Waals surface area contributed by atoms with Gasteiger partial charge in [0.15, 0.2) is 5.65 Å². The summed E-state index contributed by atoms with van der Waals surface area (Å²) in [5.41, 5.74) is 3.45. The number of pyridine rings is 2. The van der Waals surface area contributed by atoms with Crippen LogP contribution in [0.2, 0.25) is 0 Å². The highest BCUT2D eigenvalue weighted by Crippen LogP contribution is 2.24. The van der Waals surface area contributed by atoms with Crippen molar-refractivity contribution < 1.29 is 4.74 Å². The van der Waals surface area contributed by atoms with E-state index in [1.165, 1.54) is 0 Å². The van der Waals surface area contributed by atoms with E-state index in [2.05, 4.69) is 20.1 Å². The van der Waals surface area contributed by atoms with Gasteiger partial charge in [0, 0.05) is 12.3 Å². The molecular weight excluding hydrogens is 254 g/mol. The number of hydrogen-bond acceptors (Lipinski definition) is 4. The fraction of sp³-hybridized carbons (Fsp3) is 0.0714. The normalized spacial score (nSPS) is 11.2. The molecule has 1 N–H and O–H groups in total. The van der Waals surface area contributed by atoms with E-state index in [1.807, 2.05) is 35.0 Å².